The van der Waals surface area contributed by atoms with Gasteiger partial charge in [-0.15, -0.1) is 0 Å². The number of sulfonamides is 2. The van der Waals surface area contributed by atoms with Gasteiger partial charge in [-0.05, 0) is 61.7 Å². The molecule has 1 aliphatic rings. The van der Waals surface area contributed by atoms with E-state index in [0.717, 1.165) is 18.4 Å². The molecule has 1 fully saturated rings. The lowest BCUT2D eigenvalue weighted by Gasteiger charge is -2.10. The van der Waals surface area contributed by atoms with Crippen molar-refractivity contribution in [2.45, 2.75) is 35.6 Å². The monoisotopic (exact) mass is 400 g/mol. The third-order valence-electron chi connectivity index (χ3n) is 3.77. The van der Waals surface area contributed by atoms with Gasteiger partial charge in [0.2, 0.25) is 10.0 Å². The summed E-state index contributed by atoms with van der Waals surface area (Å²) in [6.07, 6.45) is 1.69. The molecule has 2 N–H and O–H groups in total. The second-order valence-corrected chi connectivity index (χ2v) is 9.74. The Balaban J connectivity index is 1.79. The first-order chi connectivity index (χ1) is 11.7. The topological polar surface area (TPSA) is 92.3 Å². The average molecular weight is 401 g/mol. The molecule has 134 valence electrons. The molecule has 1 saturated carbocycles. The van der Waals surface area contributed by atoms with Crippen molar-refractivity contribution in [1.82, 2.24) is 4.72 Å². The first kappa shape index (κ1) is 18.2. The third kappa shape index (κ3) is 4.33. The number of benzene rings is 2. The van der Waals surface area contributed by atoms with Crippen LogP contribution in [0.1, 0.15) is 18.4 Å². The van der Waals surface area contributed by atoms with Crippen molar-refractivity contribution in [2.75, 3.05) is 4.72 Å². The molecule has 25 heavy (non-hydrogen) atoms. The quantitative estimate of drug-likeness (QED) is 0.779. The molecule has 0 amide bonds. The Bertz CT molecular complexity index is 999. The van der Waals surface area contributed by atoms with Crippen LogP contribution in [0, 0.1) is 6.92 Å². The lowest BCUT2D eigenvalue weighted by Crippen LogP contribution is -2.25. The minimum Gasteiger partial charge on any atom is -0.280 e. The molecule has 1 aliphatic carbocycles. The van der Waals surface area contributed by atoms with Crippen LogP contribution in [-0.2, 0) is 20.0 Å². The Morgan fingerprint density at radius 3 is 2.08 bits per heavy atom. The highest BCUT2D eigenvalue weighted by Crippen LogP contribution is 2.24. The van der Waals surface area contributed by atoms with Gasteiger partial charge in [-0.25, -0.2) is 21.6 Å². The number of hydrogen-bond acceptors (Lipinski definition) is 4. The Morgan fingerprint density at radius 2 is 1.52 bits per heavy atom. The second kappa shape index (κ2) is 6.60. The van der Waals surface area contributed by atoms with E-state index in [2.05, 4.69) is 9.44 Å². The molecule has 6 nitrogen and oxygen atoms in total. The van der Waals surface area contributed by atoms with Gasteiger partial charge >= 0.3 is 0 Å². The van der Waals surface area contributed by atoms with Crippen LogP contribution in [0.5, 0.6) is 0 Å². The minimum absolute atomic E-state index is 0.00876. The highest BCUT2D eigenvalue weighted by molar-refractivity contribution is 7.92. The predicted octanol–water partition coefficient (Wildman–Crippen LogP) is 2.89. The van der Waals surface area contributed by atoms with Gasteiger partial charge in [0, 0.05) is 16.8 Å². The van der Waals surface area contributed by atoms with Crippen molar-refractivity contribution in [1.29, 1.82) is 0 Å². The zero-order valence-electron chi connectivity index (χ0n) is 13.4. The summed E-state index contributed by atoms with van der Waals surface area (Å²) in [6, 6.07) is 10.0. The SMILES string of the molecule is Cc1ccc(S(=O)(=O)Nc2ccc(S(=O)(=O)NC3CC3)cc2)cc1Cl. The Labute approximate surface area is 152 Å². The highest BCUT2D eigenvalue weighted by Gasteiger charge is 2.28. The fourth-order valence-corrected chi connectivity index (χ4v) is 4.78. The molecule has 0 unspecified atom stereocenters. The van der Waals surface area contributed by atoms with E-state index in [1.807, 2.05) is 0 Å². The average Bonchev–Trinajstić information content (AvgIpc) is 3.33. The van der Waals surface area contributed by atoms with Crippen molar-refractivity contribution < 1.29 is 16.8 Å². The Hall–Kier alpha value is -1.61. The minimum atomic E-state index is -3.81. The van der Waals surface area contributed by atoms with Crippen LogP contribution in [0.2, 0.25) is 5.02 Å². The summed E-state index contributed by atoms with van der Waals surface area (Å²) >= 11 is 5.97. The lowest BCUT2D eigenvalue weighted by atomic mass is 10.2. The van der Waals surface area contributed by atoms with Crippen LogP contribution < -0.4 is 9.44 Å². The van der Waals surface area contributed by atoms with E-state index in [-0.39, 0.29) is 21.5 Å². The highest BCUT2D eigenvalue weighted by atomic mass is 35.5. The standard InChI is InChI=1S/C16H17ClN2O4S2/c1-11-2-7-15(10-16(11)17)25(22,23)19-13-5-8-14(9-6-13)24(20,21)18-12-3-4-12/h2,5-10,12,18-19H,3-4H2,1H3. The largest absolute Gasteiger partial charge is 0.280 e. The lowest BCUT2D eigenvalue weighted by molar-refractivity contribution is 0.581. The second-order valence-electron chi connectivity index (χ2n) is 5.94. The maximum Gasteiger partial charge on any atom is 0.261 e. The van der Waals surface area contributed by atoms with Gasteiger partial charge < -0.3 is 0 Å². The molecule has 3 rings (SSSR count). The van der Waals surface area contributed by atoms with Crippen LogP contribution in [-0.4, -0.2) is 22.9 Å². The van der Waals surface area contributed by atoms with Crippen LogP contribution in [0.25, 0.3) is 0 Å². The van der Waals surface area contributed by atoms with Gasteiger partial charge in [-0.1, -0.05) is 17.7 Å². The molecule has 0 bridgehead atoms. The number of nitrogens with one attached hydrogen (secondary N) is 2. The number of halogens is 1. The number of anilines is 1. The fourth-order valence-electron chi connectivity index (χ4n) is 2.15. The molecule has 0 spiro atoms. The zero-order chi connectivity index (χ0) is 18.2. The van der Waals surface area contributed by atoms with Gasteiger partial charge in [0.1, 0.15) is 0 Å². The summed E-state index contributed by atoms with van der Waals surface area (Å²) in [5.41, 5.74) is 1.04. The van der Waals surface area contributed by atoms with Crippen LogP contribution >= 0.6 is 11.6 Å². The summed E-state index contributed by atoms with van der Waals surface area (Å²) < 4.78 is 54.0. The molecule has 2 aromatic rings. The van der Waals surface area contributed by atoms with E-state index in [1.54, 1.807) is 13.0 Å². The van der Waals surface area contributed by atoms with E-state index in [1.165, 1.54) is 36.4 Å². The summed E-state index contributed by atoms with van der Waals surface area (Å²) in [5, 5.41) is 0.357. The van der Waals surface area contributed by atoms with Crippen molar-refractivity contribution in [3.8, 4) is 0 Å². The summed E-state index contributed by atoms with van der Waals surface area (Å²) in [7, 11) is -7.37. The molecule has 0 radical (unpaired) electrons. The summed E-state index contributed by atoms with van der Waals surface area (Å²) in [5.74, 6) is 0. The normalized spacial score (nSPS) is 15.1. The molecule has 0 atom stereocenters. The van der Waals surface area contributed by atoms with Crippen molar-refractivity contribution in [2.24, 2.45) is 0 Å². The van der Waals surface area contributed by atoms with E-state index in [0.29, 0.717) is 5.02 Å². The smallest absolute Gasteiger partial charge is 0.261 e. The predicted molar refractivity (Wildman–Crippen MR) is 96.8 cm³/mol. The van der Waals surface area contributed by atoms with Crippen molar-refractivity contribution in [3.63, 3.8) is 0 Å². The van der Waals surface area contributed by atoms with Crippen LogP contribution in [0.4, 0.5) is 5.69 Å². The third-order valence-corrected chi connectivity index (χ3v) is 7.09. The molecule has 0 heterocycles. The van der Waals surface area contributed by atoms with E-state index >= 15 is 0 Å². The first-order valence-electron chi connectivity index (χ1n) is 7.59. The van der Waals surface area contributed by atoms with Crippen molar-refractivity contribution >= 4 is 37.3 Å². The maximum atomic E-state index is 12.4. The first-order valence-corrected chi connectivity index (χ1v) is 10.9. The molecular formula is C16H17ClN2O4S2. The summed E-state index contributed by atoms with van der Waals surface area (Å²) in [4.78, 5) is 0.135. The van der Waals surface area contributed by atoms with Gasteiger partial charge in [0.05, 0.1) is 9.79 Å². The molecule has 0 aromatic heterocycles. The van der Waals surface area contributed by atoms with E-state index in [9.17, 15) is 16.8 Å². The van der Waals surface area contributed by atoms with Gasteiger partial charge in [0.15, 0.2) is 0 Å². The Morgan fingerprint density at radius 1 is 0.920 bits per heavy atom. The van der Waals surface area contributed by atoms with Crippen LogP contribution in [0.3, 0.4) is 0 Å². The van der Waals surface area contributed by atoms with Gasteiger partial charge in [-0.2, -0.15) is 0 Å². The van der Waals surface area contributed by atoms with Gasteiger partial charge in [-0.3, -0.25) is 4.72 Å². The zero-order valence-corrected chi connectivity index (χ0v) is 15.7. The van der Waals surface area contributed by atoms with Crippen molar-refractivity contribution in [3.05, 3.63) is 53.1 Å². The van der Waals surface area contributed by atoms with E-state index in [4.69, 9.17) is 11.6 Å². The number of hydrogen-bond donors (Lipinski definition) is 2. The van der Waals surface area contributed by atoms with Crippen LogP contribution in [0.15, 0.2) is 52.3 Å². The molecule has 2 aromatic carbocycles. The molecule has 9 heteroatoms. The van der Waals surface area contributed by atoms with E-state index < -0.39 is 20.0 Å². The van der Waals surface area contributed by atoms with Gasteiger partial charge in [0.25, 0.3) is 10.0 Å². The number of aryl methyl sites for hydroxylation is 1. The fraction of sp³-hybridized carbons (Fsp3) is 0.250. The molecular weight excluding hydrogens is 384 g/mol. The number of rotatable bonds is 6. The molecule has 0 saturated heterocycles. The maximum absolute atomic E-state index is 12.4. The molecule has 0 aliphatic heterocycles. The Kier molecular flexibility index (Phi) is 4.80. The summed E-state index contributed by atoms with van der Waals surface area (Å²) in [6.45, 7) is 1.78.